The summed E-state index contributed by atoms with van der Waals surface area (Å²) < 4.78 is 1.64. The Bertz CT molecular complexity index is 1240. The lowest BCUT2D eigenvalue weighted by atomic mass is 9.77. The molecule has 4 amide bonds. The first-order valence-electron chi connectivity index (χ1n) is 14.3. The quantitative estimate of drug-likeness (QED) is 0.342. The van der Waals surface area contributed by atoms with Crippen LogP contribution in [0.3, 0.4) is 0 Å². The van der Waals surface area contributed by atoms with E-state index in [0.29, 0.717) is 31.4 Å². The summed E-state index contributed by atoms with van der Waals surface area (Å²) in [6.07, 6.45) is 5.60. The molecule has 1 aromatic rings. The van der Waals surface area contributed by atoms with Gasteiger partial charge in [0.25, 0.3) is 5.91 Å². The van der Waals surface area contributed by atoms with Crippen molar-refractivity contribution in [2.75, 3.05) is 13.1 Å². The zero-order chi connectivity index (χ0) is 29.4. The van der Waals surface area contributed by atoms with Crippen molar-refractivity contribution in [2.45, 2.75) is 75.5 Å². The van der Waals surface area contributed by atoms with E-state index in [9.17, 15) is 39.0 Å². The third-order valence-corrected chi connectivity index (χ3v) is 8.94. The van der Waals surface area contributed by atoms with Gasteiger partial charge in [0, 0.05) is 69.0 Å². The summed E-state index contributed by atoms with van der Waals surface area (Å²) in [4.78, 5) is 79.4. The SMILES string of the molecule is Cn1cccc1C(=O)N[C@H]1C[C@@H](C(=O)O)N(C(=O)[C@H]2CCCC[C@@H]2C(=O)N2C[C@@H](NC(=O)C3CC3)C[C@H]2C(=O)O)C1. The highest BCUT2D eigenvalue weighted by Crippen LogP contribution is 2.37. The van der Waals surface area contributed by atoms with Gasteiger partial charge in [0.15, 0.2) is 0 Å². The zero-order valence-corrected chi connectivity index (χ0v) is 23.0. The van der Waals surface area contributed by atoms with E-state index in [1.165, 1.54) is 9.80 Å². The van der Waals surface area contributed by atoms with Crippen LogP contribution < -0.4 is 10.6 Å². The molecular weight excluding hydrogens is 534 g/mol. The molecule has 4 aliphatic rings. The smallest absolute Gasteiger partial charge is 0.326 e. The van der Waals surface area contributed by atoms with E-state index >= 15 is 0 Å². The summed E-state index contributed by atoms with van der Waals surface area (Å²) in [5, 5.41) is 25.5. The Morgan fingerprint density at radius 3 is 1.73 bits per heavy atom. The topological polar surface area (TPSA) is 178 Å². The van der Waals surface area contributed by atoms with E-state index < -0.39 is 59.8 Å². The number of carbonyl (C=O) groups excluding carboxylic acids is 4. The van der Waals surface area contributed by atoms with Crippen LogP contribution in [0.4, 0.5) is 0 Å². The monoisotopic (exact) mass is 571 g/mol. The molecule has 2 aliphatic heterocycles. The van der Waals surface area contributed by atoms with Gasteiger partial charge in [-0.3, -0.25) is 19.2 Å². The van der Waals surface area contributed by atoms with E-state index in [2.05, 4.69) is 10.6 Å². The summed E-state index contributed by atoms with van der Waals surface area (Å²) in [5.74, 6) is -5.39. The summed E-state index contributed by atoms with van der Waals surface area (Å²) in [6, 6.07) is 0.0449. The summed E-state index contributed by atoms with van der Waals surface area (Å²) in [7, 11) is 1.72. The fourth-order valence-corrected chi connectivity index (χ4v) is 6.61. The maximum Gasteiger partial charge on any atom is 0.326 e. The van der Waals surface area contributed by atoms with Gasteiger partial charge in [0.1, 0.15) is 17.8 Å². The highest BCUT2D eigenvalue weighted by molar-refractivity contribution is 5.94. The molecule has 3 heterocycles. The van der Waals surface area contributed by atoms with Crippen LogP contribution in [0.2, 0.25) is 0 Å². The first kappa shape index (κ1) is 28.6. The Morgan fingerprint density at radius 2 is 1.29 bits per heavy atom. The minimum atomic E-state index is -1.19. The average molecular weight is 572 g/mol. The number of nitrogens with zero attached hydrogens (tertiary/aromatic N) is 3. The molecule has 4 fully saturated rings. The van der Waals surface area contributed by atoms with Crippen molar-refractivity contribution in [3.8, 4) is 0 Å². The fraction of sp³-hybridized carbons (Fsp3) is 0.643. The highest BCUT2D eigenvalue weighted by atomic mass is 16.4. The van der Waals surface area contributed by atoms with Gasteiger partial charge in [-0.05, 0) is 37.8 Å². The molecule has 0 radical (unpaired) electrons. The molecule has 0 bridgehead atoms. The normalized spacial score (nSPS) is 29.7. The van der Waals surface area contributed by atoms with Crippen molar-refractivity contribution in [3.05, 3.63) is 24.0 Å². The number of aryl methyl sites for hydroxylation is 1. The van der Waals surface area contributed by atoms with Crippen LogP contribution >= 0.6 is 0 Å². The number of aromatic nitrogens is 1. The summed E-state index contributed by atoms with van der Waals surface area (Å²) in [6.45, 7) is 0.0561. The molecule has 13 nitrogen and oxygen atoms in total. The third kappa shape index (κ3) is 5.94. The Hall–Kier alpha value is -3.90. The van der Waals surface area contributed by atoms with Gasteiger partial charge in [-0.2, -0.15) is 0 Å². The molecule has 41 heavy (non-hydrogen) atoms. The van der Waals surface area contributed by atoms with Crippen molar-refractivity contribution in [3.63, 3.8) is 0 Å². The third-order valence-electron chi connectivity index (χ3n) is 8.94. The van der Waals surface area contributed by atoms with Crippen LogP contribution in [0.1, 0.15) is 61.9 Å². The largest absolute Gasteiger partial charge is 0.480 e. The summed E-state index contributed by atoms with van der Waals surface area (Å²) in [5.41, 5.74) is 0.407. The number of hydrogen-bond acceptors (Lipinski definition) is 6. The van der Waals surface area contributed by atoms with E-state index in [4.69, 9.17) is 0 Å². The van der Waals surface area contributed by atoms with Crippen LogP contribution in [-0.4, -0.2) is 97.4 Å². The standard InChI is InChI=1S/C28H37N5O8/c1-31-10-4-7-20(31)24(35)30-17-12-22(28(40)41)33(14-17)26(37)19-6-3-2-5-18(19)25(36)32-13-16(11-21(32)27(38)39)29-23(34)15-8-9-15/h4,7,10,15-19,21-22H,2-3,5-6,8-9,11-14H2,1H3,(H,29,34)(H,30,35)(H,38,39)(H,40,41)/t16-,17-,18-,19-,21-,22-/m0/s1. The molecule has 1 aromatic heterocycles. The van der Waals surface area contributed by atoms with Gasteiger partial charge in [-0.1, -0.05) is 12.8 Å². The van der Waals surface area contributed by atoms with Crippen molar-refractivity contribution in [1.29, 1.82) is 0 Å². The Balaban J connectivity index is 1.29. The predicted octanol–water partition coefficient (Wildman–Crippen LogP) is 0.196. The first-order valence-corrected chi connectivity index (χ1v) is 14.3. The molecule has 0 unspecified atom stereocenters. The number of nitrogens with one attached hydrogen (secondary N) is 2. The average Bonchev–Trinajstić information content (AvgIpc) is 3.34. The molecular formula is C28H37N5O8. The number of amides is 4. The maximum absolute atomic E-state index is 13.9. The Kier molecular flexibility index (Phi) is 8.05. The predicted molar refractivity (Wildman–Crippen MR) is 142 cm³/mol. The highest BCUT2D eigenvalue weighted by Gasteiger charge is 2.49. The van der Waals surface area contributed by atoms with Crippen molar-refractivity contribution in [1.82, 2.24) is 25.0 Å². The molecule has 0 spiro atoms. The second-order valence-corrected chi connectivity index (χ2v) is 11.8. The van der Waals surface area contributed by atoms with E-state index in [0.717, 1.165) is 12.8 Å². The minimum absolute atomic E-state index is 0.000110. The Labute approximate surface area is 237 Å². The molecule has 2 saturated heterocycles. The number of rotatable bonds is 8. The lowest BCUT2D eigenvalue weighted by molar-refractivity contribution is -0.156. The number of carbonyl (C=O) groups is 6. The fourth-order valence-electron chi connectivity index (χ4n) is 6.61. The lowest BCUT2D eigenvalue weighted by Crippen LogP contribution is -2.51. The molecule has 4 N–H and O–H groups in total. The molecule has 13 heteroatoms. The van der Waals surface area contributed by atoms with Crippen LogP contribution in [0, 0.1) is 17.8 Å². The number of carboxylic acid groups (broad SMARTS) is 2. The minimum Gasteiger partial charge on any atom is -0.480 e. The van der Waals surface area contributed by atoms with Gasteiger partial charge < -0.3 is 35.2 Å². The Morgan fingerprint density at radius 1 is 0.780 bits per heavy atom. The van der Waals surface area contributed by atoms with Crippen LogP contribution in [-0.2, 0) is 31.0 Å². The van der Waals surface area contributed by atoms with Crippen LogP contribution in [0.5, 0.6) is 0 Å². The second-order valence-electron chi connectivity index (χ2n) is 11.8. The van der Waals surface area contributed by atoms with E-state index in [1.54, 1.807) is 29.9 Å². The van der Waals surface area contributed by atoms with E-state index in [-0.39, 0.29) is 43.7 Å². The lowest BCUT2D eigenvalue weighted by Gasteiger charge is -2.36. The number of likely N-dealkylation sites (tertiary alicyclic amines) is 2. The molecule has 2 aliphatic carbocycles. The molecule has 222 valence electrons. The molecule has 2 saturated carbocycles. The van der Waals surface area contributed by atoms with Crippen molar-refractivity contribution < 1.29 is 39.0 Å². The van der Waals surface area contributed by atoms with Gasteiger partial charge in [0.2, 0.25) is 17.7 Å². The molecule has 6 atom stereocenters. The molecule has 5 rings (SSSR count). The van der Waals surface area contributed by atoms with Crippen molar-refractivity contribution >= 4 is 35.6 Å². The number of hydrogen-bond donors (Lipinski definition) is 4. The summed E-state index contributed by atoms with van der Waals surface area (Å²) >= 11 is 0. The van der Waals surface area contributed by atoms with Crippen molar-refractivity contribution in [2.24, 2.45) is 24.8 Å². The van der Waals surface area contributed by atoms with Gasteiger partial charge >= 0.3 is 11.9 Å². The van der Waals surface area contributed by atoms with Crippen LogP contribution in [0.25, 0.3) is 0 Å². The van der Waals surface area contributed by atoms with Gasteiger partial charge in [-0.25, -0.2) is 9.59 Å². The maximum atomic E-state index is 13.9. The second kappa shape index (κ2) is 11.5. The zero-order valence-electron chi connectivity index (χ0n) is 23.0. The van der Waals surface area contributed by atoms with E-state index in [1.807, 2.05) is 0 Å². The number of carboxylic acids is 2. The van der Waals surface area contributed by atoms with Crippen LogP contribution in [0.15, 0.2) is 18.3 Å². The van der Waals surface area contributed by atoms with Gasteiger partial charge in [0.05, 0.1) is 0 Å². The first-order chi connectivity index (χ1) is 19.5. The van der Waals surface area contributed by atoms with Gasteiger partial charge in [-0.15, -0.1) is 0 Å². The molecule has 0 aromatic carbocycles. The number of aliphatic carboxylic acids is 2.